The molecule has 6 heteroatoms. The van der Waals surface area contributed by atoms with Gasteiger partial charge in [0, 0.05) is 18.7 Å². The van der Waals surface area contributed by atoms with Crippen LogP contribution in [-0.4, -0.2) is 45.2 Å². The number of benzene rings is 1. The summed E-state index contributed by atoms with van der Waals surface area (Å²) < 4.78 is 31.9. The van der Waals surface area contributed by atoms with E-state index in [0.717, 1.165) is 24.3 Å². The third kappa shape index (κ3) is 3.94. The minimum Gasteiger partial charge on any atom is -0.492 e. The van der Waals surface area contributed by atoms with Crippen molar-refractivity contribution in [3.05, 3.63) is 29.8 Å². The molecule has 0 bridgehead atoms. The second-order valence-electron chi connectivity index (χ2n) is 4.92. The van der Waals surface area contributed by atoms with Crippen LogP contribution in [0.1, 0.15) is 18.4 Å². The quantitative estimate of drug-likeness (QED) is 0.802. The van der Waals surface area contributed by atoms with Crippen LogP contribution in [0.5, 0.6) is 5.75 Å². The van der Waals surface area contributed by atoms with Crippen molar-refractivity contribution in [1.82, 2.24) is 9.62 Å². The molecule has 1 N–H and O–H groups in total. The Balaban J connectivity index is 2.01. The molecular weight excluding hydrogens is 276 g/mol. The van der Waals surface area contributed by atoms with Crippen LogP contribution in [0.4, 0.5) is 0 Å². The summed E-state index contributed by atoms with van der Waals surface area (Å²) in [5.74, 6) is 0.997. The van der Waals surface area contributed by atoms with Crippen LogP contribution >= 0.6 is 0 Å². The van der Waals surface area contributed by atoms with Gasteiger partial charge in [0.2, 0.25) is 10.0 Å². The molecule has 0 unspecified atom stereocenters. The zero-order valence-corrected chi connectivity index (χ0v) is 12.7. The van der Waals surface area contributed by atoms with Gasteiger partial charge in [-0.15, -0.1) is 0 Å². The number of ether oxygens (including phenoxy) is 1. The molecular formula is C14H22N2O3S. The summed E-state index contributed by atoms with van der Waals surface area (Å²) in [6.07, 6.45) is 1.55. The molecule has 1 aliphatic heterocycles. The summed E-state index contributed by atoms with van der Waals surface area (Å²) in [6, 6.07) is 7.62. The predicted octanol–water partition coefficient (Wildman–Crippen LogP) is 1.21. The van der Waals surface area contributed by atoms with Crippen LogP contribution in [-0.2, 0) is 16.6 Å². The lowest BCUT2D eigenvalue weighted by molar-refractivity contribution is 0.293. The maximum atomic E-state index is 12.4. The van der Waals surface area contributed by atoms with Gasteiger partial charge in [0.05, 0.1) is 5.75 Å². The van der Waals surface area contributed by atoms with E-state index < -0.39 is 10.0 Å². The average molecular weight is 298 g/mol. The van der Waals surface area contributed by atoms with Crippen molar-refractivity contribution in [2.24, 2.45) is 0 Å². The fourth-order valence-corrected chi connectivity index (χ4v) is 3.77. The first-order chi connectivity index (χ1) is 9.63. The van der Waals surface area contributed by atoms with E-state index in [2.05, 4.69) is 5.32 Å². The summed E-state index contributed by atoms with van der Waals surface area (Å²) in [6.45, 7) is 2.09. The highest BCUT2D eigenvalue weighted by Crippen LogP contribution is 2.24. The first-order valence-electron chi connectivity index (χ1n) is 6.96. The molecule has 0 aromatic heterocycles. The smallest absolute Gasteiger partial charge is 0.214 e. The van der Waals surface area contributed by atoms with E-state index in [-0.39, 0.29) is 5.75 Å². The van der Waals surface area contributed by atoms with Gasteiger partial charge in [-0.25, -0.2) is 8.42 Å². The van der Waals surface area contributed by atoms with Gasteiger partial charge >= 0.3 is 0 Å². The Morgan fingerprint density at radius 2 is 2.10 bits per heavy atom. The zero-order chi connectivity index (χ0) is 14.4. The van der Waals surface area contributed by atoms with E-state index in [1.54, 1.807) is 0 Å². The lowest BCUT2D eigenvalue weighted by atomic mass is 10.2. The van der Waals surface area contributed by atoms with E-state index in [9.17, 15) is 8.42 Å². The number of hydrogen-bond donors (Lipinski definition) is 1. The number of nitrogens with zero attached hydrogens (tertiary/aromatic N) is 1. The molecule has 1 aliphatic rings. The summed E-state index contributed by atoms with van der Waals surface area (Å²) in [4.78, 5) is 0. The van der Waals surface area contributed by atoms with Gasteiger partial charge in [-0.2, -0.15) is 4.31 Å². The third-order valence-electron chi connectivity index (χ3n) is 3.39. The molecule has 0 saturated heterocycles. The Morgan fingerprint density at radius 3 is 2.90 bits per heavy atom. The van der Waals surface area contributed by atoms with Crippen molar-refractivity contribution in [1.29, 1.82) is 0 Å². The Kier molecular flexibility index (Phi) is 5.39. The SMILES string of the molecule is CNCCCCS(=O)(=O)N1CCOc2ccccc2C1. The van der Waals surface area contributed by atoms with Crippen LogP contribution in [0.2, 0.25) is 0 Å². The minimum atomic E-state index is -3.20. The van der Waals surface area contributed by atoms with Gasteiger partial charge < -0.3 is 10.1 Å². The topological polar surface area (TPSA) is 58.6 Å². The molecule has 0 spiro atoms. The first-order valence-corrected chi connectivity index (χ1v) is 8.57. The van der Waals surface area contributed by atoms with Crippen LogP contribution in [0.3, 0.4) is 0 Å². The number of unbranched alkanes of at least 4 members (excludes halogenated alkanes) is 1. The van der Waals surface area contributed by atoms with Crippen LogP contribution in [0, 0.1) is 0 Å². The number of rotatable bonds is 6. The van der Waals surface area contributed by atoms with Crippen LogP contribution in [0.15, 0.2) is 24.3 Å². The molecule has 0 atom stereocenters. The molecule has 2 rings (SSSR count). The second kappa shape index (κ2) is 7.06. The Hall–Kier alpha value is -1.11. The number of fused-ring (bicyclic) bond motifs is 1. The number of nitrogens with one attached hydrogen (secondary N) is 1. The standard InChI is InChI=1S/C14H22N2O3S/c1-15-8-4-5-11-20(17,18)16-9-10-19-14-7-3-2-6-13(14)12-16/h2-3,6-7,15H,4-5,8-12H2,1H3. The van der Waals surface area contributed by atoms with E-state index >= 15 is 0 Å². The molecule has 5 nitrogen and oxygen atoms in total. The lowest BCUT2D eigenvalue weighted by Gasteiger charge is -2.19. The Labute approximate surface area is 121 Å². The normalized spacial score (nSPS) is 16.2. The van der Waals surface area contributed by atoms with E-state index in [1.165, 1.54) is 4.31 Å². The maximum absolute atomic E-state index is 12.4. The molecule has 1 heterocycles. The molecule has 1 aromatic rings. The van der Waals surface area contributed by atoms with Crippen LogP contribution < -0.4 is 10.1 Å². The zero-order valence-electron chi connectivity index (χ0n) is 11.8. The summed E-state index contributed by atoms with van der Waals surface area (Å²) >= 11 is 0. The van der Waals surface area contributed by atoms with E-state index in [1.807, 2.05) is 31.3 Å². The summed E-state index contributed by atoms with van der Waals surface area (Å²) in [5, 5.41) is 3.03. The lowest BCUT2D eigenvalue weighted by Crippen LogP contribution is -2.34. The number of para-hydroxylation sites is 1. The van der Waals surface area contributed by atoms with Crippen molar-refractivity contribution in [2.75, 3.05) is 32.5 Å². The summed E-state index contributed by atoms with van der Waals surface area (Å²) in [7, 11) is -1.33. The highest BCUT2D eigenvalue weighted by Gasteiger charge is 2.25. The minimum absolute atomic E-state index is 0.205. The van der Waals surface area contributed by atoms with Crippen molar-refractivity contribution in [3.63, 3.8) is 0 Å². The van der Waals surface area contributed by atoms with Crippen LogP contribution in [0.25, 0.3) is 0 Å². The van der Waals surface area contributed by atoms with Gasteiger partial charge in [0.15, 0.2) is 0 Å². The van der Waals surface area contributed by atoms with Crippen molar-refractivity contribution >= 4 is 10.0 Å². The van der Waals surface area contributed by atoms with Gasteiger partial charge in [-0.3, -0.25) is 0 Å². The molecule has 0 radical (unpaired) electrons. The van der Waals surface area contributed by atoms with Crippen molar-refractivity contribution in [2.45, 2.75) is 19.4 Å². The van der Waals surface area contributed by atoms with Gasteiger partial charge in [0.1, 0.15) is 12.4 Å². The molecule has 1 aromatic carbocycles. The Bertz CT molecular complexity index is 531. The molecule has 112 valence electrons. The fourth-order valence-electron chi connectivity index (χ4n) is 2.25. The molecule has 0 fully saturated rings. The van der Waals surface area contributed by atoms with Crippen molar-refractivity contribution in [3.8, 4) is 5.75 Å². The number of hydrogen-bond acceptors (Lipinski definition) is 4. The highest BCUT2D eigenvalue weighted by molar-refractivity contribution is 7.89. The molecule has 0 aliphatic carbocycles. The monoisotopic (exact) mass is 298 g/mol. The van der Waals surface area contributed by atoms with Crippen molar-refractivity contribution < 1.29 is 13.2 Å². The average Bonchev–Trinajstić information content (AvgIpc) is 2.66. The first kappa shape index (κ1) is 15.3. The number of sulfonamides is 1. The van der Waals surface area contributed by atoms with E-state index in [4.69, 9.17) is 4.74 Å². The third-order valence-corrected chi connectivity index (χ3v) is 5.29. The molecule has 20 heavy (non-hydrogen) atoms. The summed E-state index contributed by atoms with van der Waals surface area (Å²) in [5.41, 5.74) is 0.934. The fraction of sp³-hybridized carbons (Fsp3) is 0.571. The van der Waals surface area contributed by atoms with Gasteiger partial charge in [0.25, 0.3) is 0 Å². The van der Waals surface area contributed by atoms with Gasteiger partial charge in [-0.1, -0.05) is 18.2 Å². The second-order valence-corrected chi connectivity index (χ2v) is 7.00. The van der Waals surface area contributed by atoms with Gasteiger partial charge in [-0.05, 0) is 32.5 Å². The molecule has 0 saturated carbocycles. The highest BCUT2D eigenvalue weighted by atomic mass is 32.2. The maximum Gasteiger partial charge on any atom is 0.214 e. The van der Waals surface area contributed by atoms with E-state index in [0.29, 0.717) is 26.1 Å². The predicted molar refractivity (Wildman–Crippen MR) is 79.3 cm³/mol. The molecule has 0 amide bonds. The largest absolute Gasteiger partial charge is 0.492 e. The Morgan fingerprint density at radius 1 is 1.30 bits per heavy atom.